The Morgan fingerprint density at radius 3 is 1.56 bits per heavy atom. The lowest BCUT2D eigenvalue weighted by Gasteiger charge is -2.29. The highest BCUT2D eigenvalue weighted by Gasteiger charge is 2.28. The summed E-state index contributed by atoms with van der Waals surface area (Å²) in [5.41, 5.74) is -0.300. The minimum absolute atomic E-state index is 0.0278. The second-order valence-electron chi connectivity index (χ2n) is 6.78. The molecule has 0 saturated carbocycles. The van der Waals surface area contributed by atoms with Crippen molar-refractivity contribution in [3.8, 4) is 0 Å². The molecule has 0 aromatic heterocycles. The first-order valence-corrected chi connectivity index (χ1v) is 10.7. The molecular formula is C23H42O11. The highest BCUT2D eigenvalue weighted by Crippen LogP contribution is 2.22. The fourth-order valence-electron chi connectivity index (χ4n) is 1.70. The van der Waals surface area contributed by atoms with Gasteiger partial charge in [0.15, 0.2) is 0 Å². The van der Waals surface area contributed by atoms with Crippen molar-refractivity contribution >= 4 is 11.9 Å². The van der Waals surface area contributed by atoms with E-state index in [4.69, 9.17) is 29.9 Å². The SMILES string of the molecule is C=CCOCC(CC)(CO)COCC=C.CC(O)CO.O=C1C=CC(=O)O1.OCCOCCO. The van der Waals surface area contributed by atoms with Gasteiger partial charge >= 0.3 is 11.9 Å². The minimum Gasteiger partial charge on any atom is -0.396 e. The molecule has 5 N–H and O–H groups in total. The van der Waals surface area contributed by atoms with E-state index < -0.39 is 18.0 Å². The van der Waals surface area contributed by atoms with Gasteiger partial charge in [-0.3, -0.25) is 0 Å². The standard InChI is InChI=1S/C12H22O3.C4H2O3.C4H10O3.C3H8O2/c1-4-7-14-10-12(6-3,9-13)11-15-8-5-2;5-3-1-2-4(6)7-3;5-1-3-7-4-2-6;1-3(5)2-4/h4-5,13H,1-2,6-11H2,3H3;1-2H;5-6H,1-4H2;3-5H,2H2,1H3. The van der Waals surface area contributed by atoms with Gasteiger partial charge in [-0.25, -0.2) is 9.59 Å². The van der Waals surface area contributed by atoms with Crippen molar-refractivity contribution in [1.82, 2.24) is 0 Å². The van der Waals surface area contributed by atoms with Gasteiger partial charge < -0.3 is 44.5 Å². The third-order valence-electron chi connectivity index (χ3n) is 3.67. The number of rotatable bonds is 15. The third-order valence-corrected chi connectivity index (χ3v) is 3.67. The molecule has 0 radical (unpaired) electrons. The summed E-state index contributed by atoms with van der Waals surface area (Å²) in [5, 5.41) is 41.5. The van der Waals surface area contributed by atoms with Gasteiger partial charge in [0.1, 0.15) is 0 Å². The largest absolute Gasteiger partial charge is 0.396 e. The average molecular weight is 495 g/mol. The molecule has 0 aliphatic carbocycles. The molecular weight excluding hydrogens is 452 g/mol. The molecule has 0 amide bonds. The van der Waals surface area contributed by atoms with Crippen LogP contribution in [0.1, 0.15) is 20.3 Å². The van der Waals surface area contributed by atoms with Crippen LogP contribution in [-0.2, 0) is 28.5 Å². The predicted octanol–water partition coefficient (Wildman–Crippen LogP) is -0.247. The Hall–Kier alpha value is -1.96. The molecule has 0 saturated heterocycles. The highest BCUT2D eigenvalue weighted by molar-refractivity contribution is 6.04. The Bertz CT molecular complexity index is 493. The maximum atomic E-state index is 9.92. The van der Waals surface area contributed by atoms with Crippen LogP contribution in [0.15, 0.2) is 37.5 Å². The van der Waals surface area contributed by atoms with E-state index in [9.17, 15) is 14.7 Å². The van der Waals surface area contributed by atoms with Crippen molar-refractivity contribution < 1.29 is 54.1 Å². The van der Waals surface area contributed by atoms with Crippen molar-refractivity contribution in [2.75, 3.05) is 66.1 Å². The van der Waals surface area contributed by atoms with Gasteiger partial charge in [0, 0.05) is 17.6 Å². The first-order valence-electron chi connectivity index (χ1n) is 10.7. The molecule has 11 heteroatoms. The van der Waals surface area contributed by atoms with Crippen LogP contribution in [0.4, 0.5) is 0 Å². The molecule has 0 spiro atoms. The lowest BCUT2D eigenvalue weighted by atomic mass is 9.88. The first-order chi connectivity index (χ1) is 16.2. The molecule has 0 fully saturated rings. The summed E-state index contributed by atoms with van der Waals surface area (Å²) in [4.78, 5) is 19.8. The Labute approximate surface area is 201 Å². The summed E-state index contributed by atoms with van der Waals surface area (Å²) >= 11 is 0. The number of hydrogen-bond acceptors (Lipinski definition) is 11. The van der Waals surface area contributed by atoms with Crippen LogP contribution in [-0.4, -0.2) is 110 Å². The maximum absolute atomic E-state index is 9.92. The van der Waals surface area contributed by atoms with Gasteiger partial charge in [-0.05, 0) is 13.3 Å². The number of esters is 2. The van der Waals surface area contributed by atoms with E-state index in [0.717, 1.165) is 18.6 Å². The molecule has 1 rings (SSSR count). The van der Waals surface area contributed by atoms with E-state index in [1.54, 1.807) is 12.2 Å². The fourth-order valence-corrected chi connectivity index (χ4v) is 1.70. The lowest BCUT2D eigenvalue weighted by molar-refractivity contribution is -0.150. The third kappa shape index (κ3) is 26.3. The van der Waals surface area contributed by atoms with Crippen molar-refractivity contribution in [3.05, 3.63) is 37.5 Å². The van der Waals surface area contributed by atoms with Gasteiger partial charge in [-0.15, -0.1) is 13.2 Å². The van der Waals surface area contributed by atoms with Crippen LogP contribution in [0.5, 0.6) is 0 Å². The fraction of sp³-hybridized carbons (Fsp3) is 0.652. The van der Waals surface area contributed by atoms with Gasteiger partial charge in [0.05, 0.1) is 72.2 Å². The molecule has 11 nitrogen and oxygen atoms in total. The van der Waals surface area contributed by atoms with Crippen molar-refractivity contribution in [2.24, 2.45) is 5.41 Å². The Balaban J connectivity index is -0.000000420. The second kappa shape index (κ2) is 27.3. The Morgan fingerprint density at radius 2 is 1.35 bits per heavy atom. The van der Waals surface area contributed by atoms with Crippen LogP contribution in [0.3, 0.4) is 0 Å². The number of carbonyl (C=O) groups excluding carboxylic acids is 2. The van der Waals surface area contributed by atoms with Gasteiger partial charge in [0.25, 0.3) is 0 Å². The van der Waals surface area contributed by atoms with E-state index in [1.807, 2.05) is 6.92 Å². The minimum atomic E-state index is -0.579. The van der Waals surface area contributed by atoms with E-state index in [0.29, 0.717) is 39.6 Å². The van der Waals surface area contributed by atoms with Gasteiger partial charge in [0.2, 0.25) is 0 Å². The van der Waals surface area contributed by atoms with Crippen molar-refractivity contribution in [3.63, 3.8) is 0 Å². The molecule has 1 heterocycles. The van der Waals surface area contributed by atoms with Gasteiger partial charge in [-0.1, -0.05) is 19.1 Å². The van der Waals surface area contributed by atoms with Crippen LogP contribution in [0.25, 0.3) is 0 Å². The molecule has 200 valence electrons. The average Bonchev–Trinajstić information content (AvgIpc) is 3.22. The quantitative estimate of drug-likeness (QED) is 0.0880. The molecule has 0 aromatic rings. The zero-order valence-corrected chi connectivity index (χ0v) is 20.3. The molecule has 1 unspecified atom stereocenters. The number of aliphatic hydroxyl groups is 5. The van der Waals surface area contributed by atoms with Crippen LogP contribution in [0, 0.1) is 5.41 Å². The van der Waals surface area contributed by atoms with Crippen LogP contribution < -0.4 is 0 Å². The summed E-state index contributed by atoms with van der Waals surface area (Å²) in [6.45, 7) is 13.3. The number of ether oxygens (including phenoxy) is 4. The van der Waals surface area contributed by atoms with E-state index >= 15 is 0 Å². The van der Waals surface area contributed by atoms with E-state index in [1.165, 1.54) is 6.92 Å². The monoisotopic (exact) mass is 494 g/mol. The molecule has 1 atom stereocenters. The summed E-state index contributed by atoms with van der Waals surface area (Å²) in [5.74, 6) is -1.16. The van der Waals surface area contributed by atoms with Gasteiger partial charge in [-0.2, -0.15) is 0 Å². The Morgan fingerprint density at radius 1 is 0.941 bits per heavy atom. The van der Waals surface area contributed by atoms with Crippen molar-refractivity contribution in [1.29, 1.82) is 0 Å². The lowest BCUT2D eigenvalue weighted by Crippen LogP contribution is -2.35. The molecule has 34 heavy (non-hydrogen) atoms. The summed E-state index contributed by atoms with van der Waals surface area (Å²) in [6, 6.07) is 0. The van der Waals surface area contributed by atoms with E-state index in [-0.39, 0.29) is 31.8 Å². The van der Waals surface area contributed by atoms with Crippen LogP contribution in [0.2, 0.25) is 0 Å². The summed E-state index contributed by atoms with van der Waals surface area (Å²) in [6.07, 6.45) is 5.82. The number of carbonyl (C=O) groups is 2. The molecule has 0 bridgehead atoms. The normalized spacial score (nSPS) is 12.8. The highest BCUT2D eigenvalue weighted by atomic mass is 16.6. The number of hydrogen-bond donors (Lipinski definition) is 5. The molecule has 1 aliphatic rings. The van der Waals surface area contributed by atoms with E-state index in [2.05, 4.69) is 22.6 Å². The maximum Gasteiger partial charge on any atom is 0.338 e. The smallest absolute Gasteiger partial charge is 0.338 e. The molecule has 0 aromatic carbocycles. The Kier molecular flexibility index (Phi) is 29.4. The zero-order chi connectivity index (χ0) is 26.7. The summed E-state index contributed by atoms with van der Waals surface area (Å²) < 4.78 is 19.4. The zero-order valence-electron chi connectivity index (χ0n) is 20.3. The number of aliphatic hydroxyl groups excluding tert-OH is 5. The predicted molar refractivity (Wildman–Crippen MR) is 126 cm³/mol. The first kappa shape index (κ1) is 36.6. The topological polar surface area (TPSA) is 172 Å². The molecule has 1 aliphatic heterocycles. The van der Waals surface area contributed by atoms with Crippen molar-refractivity contribution in [2.45, 2.75) is 26.4 Å². The summed E-state index contributed by atoms with van der Waals surface area (Å²) in [7, 11) is 0. The second-order valence-corrected chi connectivity index (χ2v) is 6.78. The number of cyclic esters (lactones) is 2. The van der Waals surface area contributed by atoms with Crippen LogP contribution >= 0.6 is 0 Å².